The number of anilines is 1. The molecule has 4 nitrogen and oxygen atoms in total. The van der Waals surface area contributed by atoms with Crippen LogP contribution in [0.25, 0.3) is 0 Å². The normalized spacial score (nSPS) is 10.4. The van der Waals surface area contributed by atoms with Crippen molar-refractivity contribution in [3.63, 3.8) is 0 Å². The Morgan fingerprint density at radius 1 is 1.33 bits per heavy atom. The van der Waals surface area contributed by atoms with Gasteiger partial charge >= 0.3 is 6.09 Å². The number of benzene rings is 1. The summed E-state index contributed by atoms with van der Waals surface area (Å²) in [4.78, 5) is 12.1. The summed E-state index contributed by atoms with van der Waals surface area (Å²) in [7, 11) is 1.52. The van der Waals surface area contributed by atoms with Crippen molar-refractivity contribution >= 4 is 11.8 Å². The lowest BCUT2D eigenvalue weighted by Gasteiger charge is -2.19. The number of nitrogens with zero attached hydrogens (tertiary/aromatic N) is 1. The Kier molecular flexibility index (Phi) is 5.49. The summed E-state index contributed by atoms with van der Waals surface area (Å²) in [6.45, 7) is 4.89. The van der Waals surface area contributed by atoms with Crippen LogP contribution in [0.3, 0.4) is 0 Å². The van der Waals surface area contributed by atoms with Crippen LogP contribution in [0.2, 0.25) is 0 Å². The minimum Gasteiger partial charge on any atom is -0.491 e. The number of ether oxygens (including phenoxy) is 1. The first-order valence-electron chi connectivity index (χ1n) is 6.28. The Hall–Kier alpha value is -1.71. The molecule has 0 unspecified atom stereocenters. The van der Waals surface area contributed by atoms with E-state index >= 15 is 0 Å². The quantitative estimate of drug-likeness (QED) is 0.840. The van der Waals surface area contributed by atoms with Crippen molar-refractivity contribution in [2.75, 3.05) is 18.6 Å². The van der Waals surface area contributed by atoms with Crippen LogP contribution in [-0.4, -0.2) is 24.9 Å². The van der Waals surface area contributed by atoms with Gasteiger partial charge in [-0.05, 0) is 18.1 Å². The van der Waals surface area contributed by atoms with Gasteiger partial charge in [0.2, 0.25) is 0 Å². The molecule has 0 aliphatic carbocycles. The fraction of sp³-hybridized carbons (Fsp3) is 0.500. The number of amides is 1. The Morgan fingerprint density at radius 2 is 1.94 bits per heavy atom. The predicted molar refractivity (Wildman–Crippen MR) is 72.4 cm³/mol. The zero-order valence-corrected chi connectivity index (χ0v) is 11.2. The molecule has 0 bridgehead atoms. The van der Waals surface area contributed by atoms with Crippen molar-refractivity contribution in [3.8, 4) is 5.75 Å². The Morgan fingerprint density at radius 3 is 2.50 bits per heavy atom. The Bertz CT molecular complexity index is 388. The highest BCUT2D eigenvalue weighted by Crippen LogP contribution is 2.28. The summed E-state index contributed by atoms with van der Waals surface area (Å²) in [5, 5.41) is 9.00. The molecule has 0 aliphatic heterocycles. The first-order chi connectivity index (χ1) is 8.60. The van der Waals surface area contributed by atoms with E-state index in [0.29, 0.717) is 24.0 Å². The summed E-state index contributed by atoms with van der Waals surface area (Å²) >= 11 is 0. The molecule has 1 N–H and O–H groups in total. The summed E-state index contributed by atoms with van der Waals surface area (Å²) in [5.74, 6) is 1.13. The van der Waals surface area contributed by atoms with E-state index in [2.05, 4.69) is 13.8 Å². The van der Waals surface area contributed by atoms with E-state index < -0.39 is 6.09 Å². The minimum absolute atomic E-state index is 0.508. The molecule has 1 amide bonds. The third kappa shape index (κ3) is 3.65. The molecule has 0 saturated heterocycles. The van der Waals surface area contributed by atoms with Gasteiger partial charge in [0.05, 0.1) is 12.3 Å². The highest BCUT2D eigenvalue weighted by Gasteiger charge is 2.14. The molecule has 100 valence electrons. The first-order valence-corrected chi connectivity index (χ1v) is 6.28. The summed E-state index contributed by atoms with van der Waals surface area (Å²) in [6.07, 6.45) is 1.13. The largest absolute Gasteiger partial charge is 0.491 e. The van der Waals surface area contributed by atoms with Crippen molar-refractivity contribution < 1.29 is 14.6 Å². The van der Waals surface area contributed by atoms with E-state index in [1.807, 2.05) is 6.07 Å². The monoisotopic (exact) mass is 251 g/mol. The third-order valence-electron chi connectivity index (χ3n) is 3.14. The van der Waals surface area contributed by atoms with Crippen LogP contribution in [-0.2, 0) is 0 Å². The summed E-state index contributed by atoms with van der Waals surface area (Å²) < 4.78 is 5.75. The molecule has 0 fully saturated rings. The van der Waals surface area contributed by atoms with E-state index in [9.17, 15) is 4.79 Å². The van der Waals surface area contributed by atoms with Gasteiger partial charge < -0.3 is 9.84 Å². The van der Waals surface area contributed by atoms with Crippen LogP contribution in [0, 0.1) is 5.92 Å². The van der Waals surface area contributed by atoms with Crippen molar-refractivity contribution in [3.05, 3.63) is 24.3 Å². The summed E-state index contributed by atoms with van der Waals surface area (Å²) in [6, 6.07) is 7.20. The van der Waals surface area contributed by atoms with Gasteiger partial charge in [-0.2, -0.15) is 0 Å². The molecule has 1 rings (SSSR count). The fourth-order valence-corrected chi connectivity index (χ4v) is 1.69. The second kappa shape index (κ2) is 6.89. The maximum Gasteiger partial charge on any atom is 0.411 e. The zero-order valence-electron chi connectivity index (χ0n) is 11.2. The second-order valence-corrected chi connectivity index (χ2v) is 4.30. The Labute approximate surface area is 108 Å². The first kappa shape index (κ1) is 14.4. The van der Waals surface area contributed by atoms with Crippen molar-refractivity contribution in [1.29, 1.82) is 0 Å². The van der Waals surface area contributed by atoms with Gasteiger partial charge in [-0.15, -0.1) is 0 Å². The van der Waals surface area contributed by atoms with Crippen LogP contribution >= 0.6 is 0 Å². The fourth-order valence-electron chi connectivity index (χ4n) is 1.69. The molecular weight excluding hydrogens is 230 g/mol. The van der Waals surface area contributed by atoms with E-state index in [1.165, 1.54) is 11.9 Å². The maximum absolute atomic E-state index is 11.0. The van der Waals surface area contributed by atoms with Gasteiger partial charge in [0.1, 0.15) is 5.75 Å². The second-order valence-electron chi connectivity index (χ2n) is 4.30. The highest BCUT2D eigenvalue weighted by molar-refractivity contribution is 5.87. The molecule has 0 aliphatic rings. The minimum atomic E-state index is -0.992. The van der Waals surface area contributed by atoms with Crippen LogP contribution in [0.4, 0.5) is 10.5 Å². The van der Waals surface area contributed by atoms with Gasteiger partial charge in [-0.25, -0.2) is 4.79 Å². The number of para-hydroxylation sites is 2. The Balaban J connectivity index is 2.79. The van der Waals surface area contributed by atoms with E-state index in [0.717, 1.165) is 12.8 Å². The lowest BCUT2D eigenvalue weighted by Crippen LogP contribution is -2.24. The molecule has 1 aromatic rings. The maximum atomic E-state index is 11.0. The molecule has 0 saturated carbocycles. The lowest BCUT2D eigenvalue weighted by atomic mass is 10.1. The molecule has 0 radical (unpaired) electrons. The van der Waals surface area contributed by atoms with Crippen molar-refractivity contribution in [1.82, 2.24) is 0 Å². The number of hydrogen-bond donors (Lipinski definition) is 1. The van der Waals surface area contributed by atoms with Crippen molar-refractivity contribution in [2.45, 2.75) is 26.7 Å². The zero-order chi connectivity index (χ0) is 13.5. The number of hydrogen-bond acceptors (Lipinski definition) is 2. The molecule has 1 aromatic carbocycles. The van der Waals surface area contributed by atoms with Crippen LogP contribution < -0.4 is 9.64 Å². The topological polar surface area (TPSA) is 49.8 Å². The van der Waals surface area contributed by atoms with Gasteiger partial charge in [-0.3, -0.25) is 4.90 Å². The summed E-state index contributed by atoms with van der Waals surface area (Å²) in [5.41, 5.74) is 0.580. The SMILES string of the molecule is CCC(CC)COc1ccccc1N(C)C(=O)O. The van der Waals surface area contributed by atoms with Crippen LogP contribution in [0.1, 0.15) is 26.7 Å². The van der Waals surface area contributed by atoms with Crippen molar-refractivity contribution in [2.24, 2.45) is 5.92 Å². The molecule has 18 heavy (non-hydrogen) atoms. The highest BCUT2D eigenvalue weighted by atomic mass is 16.5. The molecule has 0 atom stereocenters. The molecular formula is C14H21NO3. The molecule has 0 aromatic heterocycles. The average molecular weight is 251 g/mol. The lowest BCUT2D eigenvalue weighted by molar-refractivity contribution is 0.202. The number of carboxylic acid groups (broad SMARTS) is 1. The van der Waals surface area contributed by atoms with Gasteiger partial charge in [-0.1, -0.05) is 38.8 Å². The van der Waals surface area contributed by atoms with Crippen LogP contribution in [0.15, 0.2) is 24.3 Å². The molecule has 4 heteroatoms. The average Bonchev–Trinajstić information content (AvgIpc) is 2.39. The number of carbonyl (C=O) groups is 1. The van der Waals surface area contributed by atoms with Crippen LogP contribution in [0.5, 0.6) is 5.75 Å². The molecule has 0 heterocycles. The third-order valence-corrected chi connectivity index (χ3v) is 3.14. The number of rotatable bonds is 6. The van der Waals surface area contributed by atoms with Gasteiger partial charge in [0.15, 0.2) is 0 Å². The smallest absolute Gasteiger partial charge is 0.411 e. The van der Waals surface area contributed by atoms with Gasteiger partial charge in [0.25, 0.3) is 0 Å². The molecule has 0 spiro atoms. The predicted octanol–water partition coefficient (Wildman–Crippen LogP) is 3.62. The van der Waals surface area contributed by atoms with E-state index in [-0.39, 0.29) is 0 Å². The van der Waals surface area contributed by atoms with E-state index in [1.54, 1.807) is 18.2 Å². The van der Waals surface area contributed by atoms with E-state index in [4.69, 9.17) is 9.84 Å². The standard InChI is InChI=1S/C14H21NO3/c1-4-11(5-2)10-18-13-9-7-6-8-12(13)15(3)14(16)17/h6-9,11H,4-5,10H2,1-3H3,(H,16,17). The van der Waals surface area contributed by atoms with Gasteiger partial charge in [0, 0.05) is 7.05 Å².